The van der Waals surface area contributed by atoms with Crippen molar-refractivity contribution in [3.05, 3.63) is 23.4 Å². The maximum Gasteiger partial charge on any atom is 0.209 e. The minimum Gasteiger partial charge on any atom is -0.370 e. The van der Waals surface area contributed by atoms with E-state index in [2.05, 4.69) is 10.3 Å². The zero-order valence-corrected chi connectivity index (χ0v) is 9.55. The van der Waals surface area contributed by atoms with Crippen LogP contribution in [0.25, 0.3) is 0 Å². The van der Waals surface area contributed by atoms with Crippen LogP contribution in [0.3, 0.4) is 0 Å². The van der Waals surface area contributed by atoms with Gasteiger partial charge in [-0.1, -0.05) is 11.6 Å². The second-order valence-electron chi connectivity index (χ2n) is 3.01. The molecule has 84 valence electrons. The van der Waals surface area contributed by atoms with Gasteiger partial charge in [0.15, 0.2) is 0 Å². The van der Waals surface area contributed by atoms with E-state index in [1.54, 1.807) is 12.1 Å². The highest BCUT2D eigenvalue weighted by Crippen LogP contribution is 2.09. The molecule has 0 saturated carbocycles. The molecule has 0 aliphatic heterocycles. The molecule has 1 rings (SSSR count). The lowest BCUT2D eigenvalue weighted by molar-refractivity contribution is 0.595. The molecule has 0 aliphatic rings. The third kappa shape index (κ3) is 5.56. The molecule has 15 heavy (non-hydrogen) atoms. The summed E-state index contributed by atoms with van der Waals surface area (Å²) in [6.07, 6.45) is 1.96. The fourth-order valence-corrected chi connectivity index (χ4v) is 1.63. The Hall–Kier alpha value is -0.850. The highest BCUT2D eigenvalue weighted by molar-refractivity contribution is 7.89. The molecule has 1 aromatic heterocycles. The third-order valence-electron chi connectivity index (χ3n) is 1.64. The summed E-state index contributed by atoms with van der Waals surface area (Å²) in [5.41, 5.74) is 0. The SMILES string of the molecule is NS(=O)(=O)CCCNc1ccc(Cl)cn1. The van der Waals surface area contributed by atoms with E-state index >= 15 is 0 Å². The molecule has 0 aromatic carbocycles. The van der Waals surface area contributed by atoms with Crippen LogP contribution in [0, 0.1) is 0 Å². The van der Waals surface area contributed by atoms with Gasteiger partial charge in [-0.25, -0.2) is 18.5 Å². The number of rotatable bonds is 5. The summed E-state index contributed by atoms with van der Waals surface area (Å²) in [6, 6.07) is 3.43. The zero-order chi connectivity index (χ0) is 11.3. The first-order valence-corrected chi connectivity index (χ1v) is 6.42. The molecule has 0 saturated heterocycles. The van der Waals surface area contributed by atoms with Gasteiger partial charge in [0.05, 0.1) is 10.8 Å². The van der Waals surface area contributed by atoms with Crippen LogP contribution >= 0.6 is 11.6 Å². The molecule has 0 fully saturated rings. The average Bonchev–Trinajstić information content (AvgIpc) is 2.14. The number of sulfonamides is 1. The van der Waals surface area contributed by atoms with E-state index in [4.69, 9.17) is 16.7 Å². The number of nitrogens with zero attached hydrogens (tertiary/aromatic N) is 1. The topological polar surface area (TPSA) is 85.1 Å². The van der Waals surface area contributed by atoms with Crippen LogP contribution in [0.15, 0.2) is 18.3 Å². The molecule has 0 amide bonds. The predicted molar refractivity (Wildman–Crippen MR) is 60.3 cm³/mol. The van der Waals surface area contributed by atoms with Gasteiger partial charge in [0.2, 0.25) is 10.0 Å². The molecule has 0 unspecified atom stereocenters. The molecule has 5 nitrogen and oxygen atoms in total. The predicted octanol–water partition coefficient (Wildman–Crippen LogP) is 0.826. The van der Waals surface area contributed by atoms with E-state index < -0.39 is 10.0 Å². The molecule has 0 spiro atoms. The van der Waals surface area contributed by atoms with Gasteiger partial charge in [-0.2, -0.15) is 0 Å². The van der Waals surface area contributed by atoms with Crippen molar-refractivity contribution in [3.63, 3.8) is 0 Å². The molecule has 0 bridgehead atoms. The van der Waals surface area contributed by atoms with E-state index in [1.807, 2.05) is 0 Å². The number of nitrogens with two attached hydrogens (primary N) is 1. The van der Waals surface area contributed by atoms with Crippen molar-refractivity contribution in [2.45, 2.75) is 6.42 Å². The molecule has 0 radical (unpaired) electrons. The number of primary sulfonamides is 1. The number of anilines is 1. The lowest BCUT2D eigenvalue weighted by Gasteiger charge is -2.04. The Bertz CT molecular complexity index is 404. The standard InChI is InChI=1S/C8H12ClN3O2S/c9-7-2-3-8(12-6-7)11-4-1-5-15(10,13)14/h2-3,6H,1,4-5H2,(H,11,12)(H2,10,13,14). The largest absolute Gasteiger partial charge is 0.370 e. The molecule has 1 heterocycles. The maximum absolute atomic E-state index is 10.6. The lowest BCUT2D eigenvalue weighted by Crippen LogP contribution is -2.18. The second kappa shape index (κ2) is 5.29. The summed E-state index contributed by atoms with van der Waals surface area (Å²) in [5, 5.41) is 8.36. The molecule has 7 heteroatoms. The van der Waals surface area contributed by atoms with Crippen molar-refractivity contribution in [2.75, 3.05) is 17.6 Å². The van der Waals surface area contributed by atoms with Crippen LogP contribution in [-0.4, -0.2) is 25.7 Å². The summed E-state index contributed by atoms with van der Waals surface area (Å²) in [5.74, 6) is 0.627. The molecule has 0 atom stereocenters. The quantitative estimate of drug-likeness (QED) is 0.757. The van der Waals surface area contributed by atoms with Gasteiger partial charge in [-0.3, -0.25) is 0 Å². The first kappa shape index (κ1) is 12.2. The number of pyridine rings is 1. The van der Waals surface area contributed by atoms with Crippen molar-refractivity contribution in [2.24, 2.45) is 5.14 Å². The fourth-order valence-electron chi connectivity index (χ4n) is 0.970. The number of nitrogens with one attached hydrogen (secondary N) is 1. The Labute approximate surface area is 93.7 Å². The second-order valence-corrected chi connectivity index (χ2v) is 5.18. The van der Waals surface area contributed by atoms with Gasteiger partial charge in [0.25, 0.3) is 0 Å². The van der Waals surface area contributed by atoms with Gasteiger partial charge >= 0.3 is 0 Å². The van der Waals surface area contributed by atoms with E-state index in [0.717, 1.165) is 0 Å². The number of hydrogen-bond acceptors (Lipinski definition) is 4. The summed E-state index contributed by atoms with van der Waals surface area (Å²) in [6.45, 7) is 0.505. The average molecular weight is 250 g/mol. The normalized spacial score (nSPS) is 11.3. The number of aromatic nitrogens is 1. The van der Waals surface area contributed by atoms with Crippen LogP contribution in [0.4, 0.5) is 5.82 Å². The monoisotopic (exact) mass is 249 g/mol. The summed E-state index contributed by atoms with van der Waals surface area (Å²) < 4.78 is 21.2. The van der Waals surface area contributed by atoms with E-state index in [9.17, 15) is 8.42 Å². The van der Waals surface area contributed by atoms with Crippen LogP contribution in [0.2, 0.25) is 5.02 Å². The molecule has 1 aromatic rings. The van der Waals surface area contributed by atoms with Crippen LogP contribution in [0.5, 0.6) is 0 Å². The van der Waals surface area contributed by atoms with Gasteiger partial charge in [0, 0.05) is 12.7 Å². The molecule has 3 N–H and O–H groups in total. The molecular formula is C8H12ClN3O2S. The van der Waals surface area contributed by atoms with Crippen LogP contribution in [-0.2, 0) is 10.0 Å². The minimum atomic E-state index is -3.37. The third-order valence-corrected chi connectivity index (χ3v) is 2.72. The Kier molecular flexibility index (Phi) is 4.31. The smallest absolute Gasteiger partial charge is 0.209 e. The Morgan fingerprint density at radius 2 is 2.20 bits per heavy atom. The van der Waals surface area contributed by atoms with Crippen LogP contribution in [0.1, 0.15) is 6.42 Å². The van der Waals surface area contributed by atoms with Crippen molar-refractivity contribution in [3.8, 4) is 0 Å². The van der Waals surface area contributed by atoms with E-state index in [-0.39, 0.29) is 5.75 Å². The Morgan fingerprint density at radius 1 is 1.47 bits per heavy atom. The summed E-state index contributed by atoms with van der Waals surface area (Å²) >= 11 is 5.65. The molecule has 0 aliphatic carbocycles. The summed E-state index contributed by atoms with van der Waals surface area (Å²) in [7, 11) is -3.37. The maximum atomic E-state index is 10.6. The van der Waals surface area contributed by atoms with Gasteiger partial charge in [0.1, 0.15) is 5.82 Å². The number of hydrogen-bond donors (Lipinski definition) is 2. The Morgan fingerprint density at radius 3 is 2.73 bits per heavy atom. The summed E-state index contributed by atoms with van der Waals surface area (Å²) in [4.78, 5) is 3.99. The van der Waals surface area contributed by atoms with Gasteiger partial charge in [-0.15, -0.1) is 0 Å². The van der Waals surface area contributed by atoms with E-state index in [0.29, 0.717) is 23.8 Å². The molecular weight excluding hydrogens is 238 g/mol. The fraction of sp³-hybridized carbons (Fsp3) is 0.375. The minimum absolute atomic E-state index is 0.0341. The van der Waals surface area contributed by atoms with Crippen molar-refractivity contribution in [1.82, 2.24) is 4.98 Å². The highest BCUT2D eigenvalue weighted by Gasteiger charge is 2.01. The zero-order valence-electron chi connectivity index (χ0n) is 7.98. The van der Waals surface area contributed by atoms with Crippen LogP contribution < -0.4 is 10.5 Å². The van der Waals surface area contributed by atoms with E-state index in [1.165, 1.54) is 6.20 Å². The highest BCUT2D eigenvalue weighted by atomic mass is 35.5. The van der Waals surface area contributed by atoms with Gasteiger partial charge < -0.3 is 5.32 Å². The number of halogens is 1. The van der Waals surface area contributed by atoms with Gasteiger partial charge in [-0.05, 0) is 18.6 Å². The van der Waals surface area contributed by atoms with Crippen molar-refractivity contribution in [1.29, 1.82) is 0 Å². The first-order chi connectivity index (χ1) is 6.97. The lowest BCUT2D eigenvalue weighted by atomic mass is 10.4. The Balaban J connectivity index is 2.29. The van der Waals surface area contributed by atoms with Crippen molar-refractivity contribution < 1.29 is 8.42 Å². The van der Waals surface area contributed by atoms with Crippen molar-refractivity contribution >= 4 is 27.4 Å². The first-order valence-electron chi connectivity index (χ1n) is 4.33.